The van der Waals surface area contributed by atoms with Crippen LogP contribution in [-0.2, 0) is 27.5 Å². The first-order valence-corrected chi connectivity index (χ1v) is 28.9. The molecule has 3 aromatic heterocycles. The van der Waals surface area contributed by atoms with Crippen LogP contribution < -0.4 is 20.7 Å². The molecule has 5 N–H and O–H groups in total. The zero-order valence-electron chi connectivity index (χ0n) is 45.8. The highest BCUT2D eigenvalue weighted by atomic mass is 32.1. The second-order valence-electron chi connectivity index (χ2n) is 23.2. The van der Waals surface area contributed by atoms with Gasteiger partial charge in [-0.25, -0.2) is 14.4 Å². The molecule has 2 aliphatic heterocycles. The van der Waals surface area contributed by atoms with Crippen molar-refractivity contribution in [1.29, 1.82) is 0 Å². The largest absolute Gasteiger partial charge is 0.493 e. The summed E-state index contributed by atoms with van der Waals surface area (Å²) in [5.41, 5.74) is 5.54. The van der Waals surface area contributed by atoms with E-state index in [2.05, 4.69) is 70.7 Å². The number of hydrogen-bond acceptors (Lipinski definition) is 13. The summed E-state index contributed by atoms with van der Waals surface area (Å²) in [6.45, 7) is 13.3. The standard InChI is InChI=1S/C58H76F4N10O6S/c1-37-49(79-36-66-37)40-13-14-41(31-64-52(75)47-30-44(74)34-72(47)53(76)50(56(2,3)4)67-54(77)57(59)19-20-57)48(29-40)78-28-8-6-5-7-23-69-24-26-70(27-25-69)33-38-9-11-39(12-10-38)46-35-71(42-15-17-43(73)18-16-42)51-45(46)32-65-55(68-51)63-22-21-58(60,61)62/h9-14,29,32,35-36,42-44,47,50,73-74H,5-8,15-28,30-31,33-34H2,1-4H3,(H,64,75)(H,67,77)(H,63,65,68)/t42-,43-,44-,47+,50-/m1/s1. The number of aliphatic hydroxyl groups is 2. The number of alkyl halides is 4. The smallest absolute Gasteiger partial charge is 0.390 e. The number of aliphatic hydroxyl groups excluding tert-OH is 2. The number of likely N-dealkylation sites (tertiary alicyclic amines) is 1. The number of benzene rings is 2. The van der Waals surface area contributed by atoms with Gasteiger partial charge < -0.3 is 45.3 Å². The molecule has 79 heavy (non-hydrogen) atoms. The summed E-state index contributed by atoms with van der Waals surface area (Å²) in [7, 11) is 0. The molecule has 0 radical (unpaired) electrons. The fourth-order valence-electron chi connectivity index (χ4n) is 11.0. The van der Waals surface area contributed by atoms with Gasteiger partial charge in [0.25, 0.3) is 5.91 Å². The summed E-state index contributed by atoms with van der Waals surface area (Å²) in [5.74, 6) is -0.999. The van der Waals surface area contributed by atoms with E-state index in [4.69, 9.17) is 9.72 Å². The van der Waals surface area contributed by atoms with E-state index in [0.717, 1.165) is 116 Å². The minimum absolute atomic E-state index is 0.0324. The number of aromatic nitrogens is 4. The number of nitrogens with zero attached hydrogens (tertiary/aromatic N) is 7. The Hall–Kier alpha value is -5.74. The van der Waals surface area contributed by atoms with Crippen LogP contribution in [0.25, 0.3) is 32.6 Å². The highest BCUT2D eigenvalue weighted by Crippen LogP contribution is 2.41. The van der Waals surface area contributed by atoms with E-state index in [0.29, 0.717) is 30.8 Å². The van der Waals surface area contributed by atoms with Crippen LogP contribution in [-0.4, -0.2) is 151 Å². The lowest BCUT2D eigenvalue weighted by Gasteiger charge is -2.35. The number of fused-ring (bicyclic) bond motifs is 1. The molecule has 0 bridgehead atoms. The molecule has 21 heteroatoms. The Balaban J connectivity index is 0.727. The van der Waals surface area contributed by atoms with Gasteiger partial charge in [0.2, 0.25) is 17.8 Å². The number of anilines is 1. The van der Waals surface area contributed by atoms with Crippen molar-refractivity contribution in [3.8, 4) is 27.3 Å². The number of thiazole rings is 1. The molecule has 2 aromatic carbocycles. The summed E-state index contributed by atoms with van der Waals surface area (Å²) >= 11 is 1.54. The van der Waals surface area contributed by atoms with Crippen LogP contribution >= 0.6 is 11.3 Å². The number of aryl methyl sites for hydroxylation is 1. The number of β-amino-alcohol motifs (C(OH)–C–C–N with tert-alkyl or cyclic N) is 1. The molecule has 5 heterocycles. The van der Waals surface area contributed by atoms with Crippen LogP contribution in [0.4, 0.5) is 23.5 Å². The molecule has 3 atom stereocenters. The van der Waals surface area contributed by atoms with Crippen molar-refractivity contribution in [1.82, 2.24) is 44.9 Å². The van der Waals surface area contributed by atoms with Crippen molar-refractivity contribution < 1.29 is 46.9 Å². The Morgan fingerprint density at radius 1 is 0.899 bits per heavy atom. The first kappa shape index (κ1) is 57.9. The zero-order chi connectivity index (χ0) is 56.1. The number of ether oxygens (including phenoxy) is 1. The number of carbonyl (C=O) groups excluding carboxylic acids is 3. The molecular weight excluding hydrogens is 1040 g/mol. The lowest BCUT2D eigenvalue weighted by atomic mass is 9.85. The van der Waals surface area contributed by atoms with Gasteiger partial charge >= 0.3 is 6.18 Å². The Kier molecular flexibility index (Phi) is 18.3. The maximum absolute atomic E-state index is 14.7. The van der Waals surface area contributed by atoms with Gasteiger partial charge in [0.1, 0.15) is 23.5 Å². The van der Waals surface area contributed by atoms with Crippen molar-refractivity contribution in [3.05, 3.63) is 77.2 Å². The van der Waals surface area contributed by atoms with E-state index < -0.39 is 59.6 Å². The number of halogens is 4. The van der Waals surface area contributed by atoms with Crippen LogP contribution in [0.2, 0.25) is 0 Å². The molecule has 2 saturated heterocycles. The van der Waals surface area contributed by atoms with E-state index >= 15 is 0 Å². The minimum Gasteiger partial charge on any atom is -0.493 e. The predicted molar refractivity (Wildman–Crippen MR) is 296 cm³/mol. The molecule has 9 rings (SSSR count). The third-order valence-corrected chi connectivity index (χ3v) is 16.9. The van der Waals surface area contributed by atoms with Crippen LogP contribution in [0.5, 0.6) is 5.75 Å². The van der Waals surface area contributed by atoms with Crippen LogP contribution in [0.1, 0.15) is 121 Å². The Morgan fingerprint density at radius 2 is 1.61 bits per heavy atom. The van der Waals surface area contributed by atoms with E-state index in [1.165, 1.54) is 10.5 Å². The van der Waals surface area contributed by atoms with Crippen LogP contribution in [0.3, 0.4) is 0 Å². The molecule has 428 valence electrons. The van der Waals surface area contributed by atoms with Gasteiger partial charge in [-0.05, 0) is 93.0 Å². The molecule has 4 fully saturated rings. The first-order valence-electron chi connectivity index (χ1n) is 28.0. The fraction of sp³-hybridized carbons (Fsp3) is 0.586. The quantitative estimate of drug-likeness (QED) is 0.0328. The lowest BCUT2D eigenvalue weighted by molar-refractivity contribution is -0.145. The molecule has 3 amide bonds. The van der Waals surface area contributed by atoms with Gasteiger partial charge in [-0.2, -0.15) is 18.2 Å². The summed E-state index contributed by atoms with van der Waals surface area (Å²) in [6, 6.07) is 12.5. The van der Waals surface area contributed by atoms with Crippen molar-refractivity contribution in [2.24, 2.45) is 5.41 Å². The minimum atomic E-state index is -4.28. The van der Waals surface area contributed by atoms with Crippen LogP contribution in [0, 0.1) is 12.3 Å². The number of rotatable bonds is 22. The van der Waals surface area contributed by atoms with E-state index in [1.54, 1.807) is 38.3 Å². The maximum Gasteiger partial charge on any atom is 0.390 e. The summed E-state index contributed by atoms with van der Waals surface area (Å²) in [6.07, 6.45) is 4.42. The molecule has 2 saturated carbocycles. The van der Waals surface area contributed by atoms with Gasteiger partial charge in [-0.3, -0.25) is 19.3 Å². The average Bonchev–Trinajstić information content (AvgIpc) is 3.79. The van der Waals surface area contributed by atoms with Crippen molar-refractivity contribution >= 4 is 46.0 Å². The van der Waals surface area contributed by atoms with Crippen molar-refractivity contribution in [2.45, 2.75) is 160 Å². The normalized spacial score (nSPS) is 21.3. The molecular formula is C58H76F4N10O6S. The Labute approximate surface area is 463 Å². The average molecular weight is 1120 g/mol. The number of amides is 3. The number of unbranched alkanes of at least 4 members (excludes halogenated alkanes) is 3. The third kappa shape index (κ3) is 14.8. The number of piperazine rings is 1. The molecule has 16 nitrogen and oxygen atoms in total. The summed E-state index contributed by atoms with van der Waals surface area (Å²) in [4.78, 5) is 61.4. The van der Waals surface area contributed by atoms with Gasteiger partial charge in [0.15, 0.2) is 5.67 Å². The second kappa shape index (κ2) is 25.0. The number of hydrogen-bond donors (Lipinski definition) is 5. The highest BCUT2D eigenvalue weighted by molar-refractivity contribution is 7.13. The Bertz CT molecular complexity index is 2890. The molecule has 0 spiro atoms. The van der Waals surface area contributed by atoms with Crippen LogP contribution in [0.15, 0.2) is 60.4 Å². The number of nitrogens with one attached hydrogen (secondary N) is 3. The molecule has 4 aliphatic rings. The van der Waals surface area contributed by atoms with Gasteiger partial charge in [-0.15, -0.1) is 11.3 Å². The van der Waals surface area contributed by atoms with Gasteiger partial charge in [0, 0.05) is 93.7 Å². The Morgan fingerprint density at radius 3 is 2.29 bits per heavy atom. The molecule has 2 aliphatic carbocycles. The monoisotopic (exact) mass is 1120 g/mol. The highest BCUT2D eigenvalue weighted by Gasteiger charge is 2.53. The zero-order valence-corrected chi connectivity index (χ0v) is 46.6. The van der Waals surface area contributed by atoms with Crippen molar-refractivity contribution in [2.75, 3.05) is 57.7 Å². The number of carbonyl (C=O) groups is 3. The van der Waals surface area contributed by atoms with E-state index in [-0.39, 0.29) is 57.0 Å². The molecule has 5 aromatic rings. The second-order valence-corrected chi connectivity index (χ2v) is 24.0. The SMILES string of the molecule is Cc1ncsc1-c1ccc(CNC(=O)[C@@H]2C[C@@H](O)CN2C(=O)[C@@H](NC(=O)C2(F)CC2)C(C)(C)C)c(OCCCCCCN2CCN(Cc3ccc(-c4cn([C@H]5CC[C@H](O)CC5)c5nc(NCCC(F)(F)F)ncc45)cc3)CC2)c1. The van der Waals surface area contributed by atoms with Crippen molar-refractivity contribution in [3.63, 3.8) is 0 Å². The first-order chi connectivity index (χ1) is 37.7. The topological polar surface area (TPSA) is 190 Å². The maximum atomic E-state index is 14.7. The third-order valence-electron chi connectivity index (χ3n) is 16.0. The van der Waals surface area contributed by atoms with Gasteiger partial charge in [-0.1, -0.05) is 70.0 Å². The lowest BCUT2D eigenvalue weighted by Crippen LogP contribution is -2.59. The van der Waals surface area contributed by atoms with Gasteiger partial charge in [0.05, 0.1) is 41.3 Å². The van der Waals surface area contributed by atoms with E-state index in [9.17, 15) is 42.2 Å². The summed E-state index contributed by atoms with van der Waals surface area (Å²) < 4.78 is 61.8. The fourth-order valence-corrected chi connectivity index (χ4v) is 11.8. The van der Waals surface area contributed by atoms with E-state index in [1.807, 2.05) is 30.6 Å². The molecule has 0 unspecified atom stereocenters. The summed E-state index contributed by atoms with van der Waals surface area (Å²) in [5, 5.41) is 30.0. The predicted octanol–water partition coefficient (Wildman–Crippen LogP) is 8.74.